The summed E-state index contributed by atoms with van der Waals surface area (Å²) in [6.45, 7) is 4.25. The van der Waals surface area contributed by atoms with Gasteiger partial charge < -0.3 is 0 Å². The third-order valence-corrected chi connectivity index (χ3v) is 3.68. The Morgan fingerprint density at radius 2 is 2.12 bits per heavy atom. The van der Waals surface area contributed by atoms with Crippen LogP contribution >= 0.6 is 24.0 Å². The molecule has 0 bridgehead atoms. The minimum absolute atomic E-state index is 0.861. The van der Waals surface area contributed by atoms with E-state index in [4.69, 9.17) is 0 Å². The summed E-state index contributed by atoms with van der Waals surface area (Å²) in [6.07, 6.45) is 0.957. The maximum atomic E-state index is 4.64. The maximum Gasteiger partial charge on any atom is 0.0940 e. The highest BCUT2D eigenvalue weighted by Crippen LogP contribution is 2.26. The second-order valence-electron chi connectivity index (χ2n) is 3.92. The first-order valence-electron chi connectivity index (χ1n) is 5.33. The summed E-state index contributed by atoms with van der Waals surface area (Å²) in [5.74, 6) is 0.861. The van der Waals surface area contributed by atoms with Crippen molar-refractivity contribution in [1.29, 1.82) is 0 Å². The molecule has 0 saturated heterocycles. The average Bonchev–Trinajstić information content (AvgIpc) is 2.71. The monoisotopic (exact) mass is 249 g/mol. The third kappa shape index (κ3) is 2.47. The summed E-state index contributed by atoms with van der Waals surface area (Å²) in [6, 6.07) is 6.50. The van der Waals surface area contributed by atoms with Crippen LogP contribution in [0.4, 0.5) is 0 Å². The van der Waals surface area contributed by atoms with Gasteiger partial charge in [-0.25, -0.2) is 4.98 Å². The SMILES string of the molecule is Cc1ccc(C)c(-c2csc(CCS)n2)c1. The molecule has 0 unspecified atom stereocenters. The Balaban J connectivity index is 2.38. The van der Waals surface area contributed by atoms with Gasteiger partial charge in [0.1, 0.15) is 0 Å². The molecule has 0 aliphatic heterocycles. The molecule has 0 spiro atoms. The highest BCUT2D eigenvalue weighted by Gasteiger charge is 2.06. The summed E-state index contributed by atoms with van der Waals surface area (Å²) in [5, 5.41) is 3.31. The lowest BCUT2D eigenvalue weighted by atomic mass is 10.0. The van der Waals surface area contributed by atoms with Gasteiger partial charge in [-0.2, -0.15) is 12.6 Å². The van der Waals surface area contributed by atoms with Gasteiger partial charge in [-0.1, -0.05) is 17.7 Å². The van der Waals surface area contributed by atoms with Crippen molar-refractivity contribution in [3.05, 3.63) is 39.7 Å². The maximum absolute atomic E-state index is 4.64. The predicted octanol–water partition coefficient (Wildman–Crippen LogP) is 3.90. The third-order valence-electron chi connectivity index (χ3n) is 2.55. The molecule has 0 radical (unpaired) electrons. The number of hydrogen-bond acceptors (Lipinski definition) is 3. The molecule has 0 atom stereocenters. The number of rotatable bonds is 3. The first kappa shape index (κ1) is 11.7. The number of aryl methyl sites for hydroxylation is 3. The number of thiazole rings is 1. The minimum Gasteiger partial charge on any atom is -0.241 e. The van der Waals surface area contributed by atoms with Crippen molar-refractivity contribution in [2.45, 2.75) is 20.3 Å². The number of nitrogens with zero attached hydrogens (tertiary/aromatic N) is 1. The van der Waals surface area contributed by atoms with Crippen molar-refractivity contribution in [2.24, 2.45) is 0 Å². The first-order chi connectivity index (χ1) is 7.70. The van der Waals surface area contributed by atoms with E-state index in [1.807, 2.05) is 0 Å². The van der Waals surface area contributed by atoms with Crippen LogP contribution in [-0.4, -0.2) is 10.7 Å². The van der Waals surface area contributed by atoms with Crippen molar-refractivity contribution in [1.82, 2.24) is 4.98 Å². The molecule has 1 heterocycles. The smallest absolute Gasteiger partial charge is 0.0940 e. The molecule has 0 fully saturated rings. The van der Waals surface area contributed by atoms with Crippen molar-refractivity contribution in [2.75, 3.05) is 5.75 Å². The van der Waals surface area contributed by atoms with Crippen LogP contribution < -0.4 is 0 Å². The zero-order valence-corrected chi connectivity index (χ0v) is 11.2. The Labute approximate surface area is 106 Å². The minimum atomic E-state index is 0.861. The van der Waals surface area contributed by atoms with E-state index in [1.54, 1.807) is 11.3 Å². The van der Waals surface area contributed by atoms with Crippen molar-refractivity contribution < 1.29 is 0 Å². The number of aromatic nitrogens is 1. The van der Waals surface area contributed by atoms with Gasteiger partial charge in [0, 0.05) is 17.4 Å². The molecule has 0 saturated carbocycles. The van der Waals surface area contributed by atoms with Gasteiger partial charge in [-0.3, -0.25) is 0 Å². The molecule has 0 aliphatic carbocycles. The van der Waals surface area contributed by atoms with Crippen LogP contribution in [-0.2, 0) is 6.42 Å². The Kier molecular flexibility index (Phi) is 3.66. The highest BCUT2D eigenvalue weighted by atomic mass is 32.1. The van der Waals surface area contributed by atoms with Crippen LogP contribution in [0.1, 0.15) is 16.1 Å². The van der Waals surface area contributed by atoms with Gasteiger partial charge >= 0.3 is 0 Å². The van der Waals surface area contributed by atoms with Gasteiger partial charge in [0.15, 0.2) is 0 Å². The Morgan fingerprint density at radius 3 is 2.88 bits per heavy atom. The summed E-state index contributed by atoms with van der Waals surface area (Å²) in [7, 11) is 0. The molecule has 1 aromatic heterocycles. The lowest BCUT2D eigenvalue weighted by Gasteiger charge is -2.03. The summed E-state index contributed by atoms with van der Waals surface area (Å²) in [4.78, 5) is 4.64. The van der Waals surface area contributed by atoms with Crippen molar-refractivity contribution >= 4 is 24.0 Å². The summed E-state index contributed by atoms with van der Waals surface area (Å²) in [5.41, 5.74) is 4.92. The summed E-state index contributed by atoms with van der Waals surface area (Å²) >= 11 is 5.96. The Morgan fingerprint density at radius 1 is 1.31 bits per heavy atom. The van der Waals surface area contributed by atoms with E-state index < -0.39 is 0 Å². The van der Waals surface area contributed by atoms with Crippen LogP contribution in [0.5, 0.6) is 0 Å². The first-order valence-corrected chi connectivity index (χ1v) is 6.85. The fourth-order valence-electron chi connectivity index (χ4n) is 1.66. The molecule has 1 nitrogen and oxygen atoms in total. The zero-order valence-electron chi connectivity index (χ0n) is 9.53. The number of benzene rings is 1. The molecule has 2 aromatic rings. The van der Waals surface area contributed by atoms with E-state index in [9.17, 15) is 0 Å². The van der Waals surface area contributed by atoms with Crippen molar-refractivity contribution in [3.8, 4) is 11.3 Å². The van der Waals surface area contributed by atoms with E-state index in [-0.39, 0.29) is 0 Å². The van der Waals surface area contributed by atoms with Gasteiger partial charge in [0.2, 0.25) is 0 Å². The van der Waals surface area contributed by atoms with E-state index in [2.05, 4.69) is 55.0 Å². The van der Waals surface area contributed by atoms with Crippen LogP contribution in [0.15, 0.2) is 23.6 Å². The molecule has 0 amide bonds. The summed E-state index contributed by atoms with van der Waals surface area (Å²) < 4.78 is 0. The molecule has 84 valence electrons. The zero-order chi connectivity index (χ0) is 11.5. The van der Waals surface area contributed by atoms with Gasteiger partial charge in [0.05, 0.1) is 10.7 Å². The lowest BCUT2D eigenvalue weighted by Crippen LogP contribution is -1.87. The molecule has 3 heteroatoms. The average molecular weight is 249 g/mol. The number of hydrogen-bond donors (Lipinski definition) is 1. The second-order valence-corrected chi connectivity index (χ2v) is 5.31. The second kappa shape index (κ2) is 5.02. The molecular weight excluding hydrogens is 234 g/mol. The molecule has 16 heavy (non-hydrogen) atoms. The highest BCUT2D eigenvalue weighted by molar-refractivity contribution is 7.80. The number of thiol groups is 1. The largest absolute Gasteiger partial charge is 0.241 e. The predicted molar refractivity (Wildman–Crippen MR) is 74.6 cm³/mol. The normalized spacial score (nSPS) is 10.7. The van der Waals surface area contributed by atoms with E-state index in [0.717, 1.165) is 17.9 Å². The Hall–Kier alpha value is -0.800. The van der Waals surface area contributed by atoms with Crippen LogP contribution in [0.2, 0.25) is 0 Å². The molecule has 2 rings (SSSR count). The fraction of sp³-hybridized carbons (Fsp3) is 0.308. The molecule has 1 aromatic carbocycles. The van der Waals surface area contributed by atoms with E-state index in [1.165, 1.54) is 21.7 Å². The Bertz CT molecular complexity index is 488. The standard InChI is InChI=1S/C13H15NS2/c1-9-3-4-10(2)11(7-9)12-8-16-13(14-12)5-6-15/h3-4,7-8,15H,5-6H2,1-2H3. The quantitative estimate of drug-likeness (QED) is 0.814. The molecule has 0 N–H and O–H groups in total. The molecule has 0 aliphatic rings. The lowest BCUT2D eigenvalue weighted by molar-refractivity contribution is 1.11. The van der Waals surface area contributed by atoms with Crippen LogP contribution in [0, 0.1) is 13.8 Å². The molecular formula is C13H15NS2. The van der Waals surface area contributed by atoms with Crippen LogP contribution in [0.3, 0.4) is 0 Å². The van der Waals surface area contributed by atoms with Gasteiger partial charge in [0.25, 0.3) is 0 Å². The fourth-order valence-corrected chi connectivity index (χ4v) is 2.82. The van der Waals surface area contributed by atoms with Gasteiger partial charge in [-0.15, -0.1) is 11.3 Å². The van der Waals surface area contributed by atoms with Gasteiger partial charge in [-0.05, 0) is 31.2 Å². The van der Waals surface area contributed by atoms with E-state index >= 15 is 0 Å². The van der Waals surface area contributed by atoms with Crippen LogP contribution in [0.25, 0.3) is 11.3 Å². The van der Waals surface area contributed by atoms with E-state index in [0.29, 0.717) is 0 Å². The van der Waals surface area contributed by atoms with Crippen molar-refractivity contribution in [3.63, 3.8) is 0 Å². The topological polar surface area (TPSA) is 12.9 Å².